The number of aliphatic hydroxyl groups is 1. The van der Waals surface area contributed by atoms with Gasteiger partial charge in [0.1, 0.15) is 11.8 Å². The van der Waals surface area contributed by atoms with Gasteiger partial charge in [0, 0.05) is 17.5 Å². The van der Waals surface area contributed by atoms with Crippen molar-refractivity contribution in [3.05, 3.63) is 58.4 Å². The molecule has 0 saturated carbocycles. The van der Waals surface area contributed by atoms with Crippen LogP contribution in [0.3, 0.4) is 0 Å². The highest BCUT2D eigenvalue weighted by Crippen LogP contribution is 2.37. The van der Waals surface area contributed by atoms with Gasteiger partial charge in [-0.05, 0) is 24.6 Å². The van der Waals surface area contributed by atoms with Crippen LogP contribution in [0.25, 0.3) is 0 Å². The molecule has 0 radical (unpaired) electrons. The van der Waals surface area contributed by atoms with E-state index in [1.54, 1.807) is 0 Å². The second-order valence-corrected chi connectivity index (χ2v) is 7.46. The standard InChI is InChI=1S/C21H13F5N2O7/c22-13-14(23)16(25)18(17(26)15(13)24)35-12(30)6-34-7-1-2-8-9(5-7)21(33)28(20(8)32)10-3-4-11(29)27-19(10)31/h1-2,5,10,21,33H,3-4,6H2,(H,27,29,31). The normalized spacial score (nSPS) is 19.5. The van der Waals surface area contributed by atoms with E-state index in [2.05, 4.69) is 10.1 Å². The van der Waals surface area contributed by atoms with E-state index in [1.807, 2.05) is 0 Å². The van der Waals surface area contributed by atoms with Crippen LogP contribution in [-0.2, 0) is 14.4 Å². The fourth-order valence-electron chi connectivity index (χ4n) is 3.66. The third-order valence-electron chi connectivity index (χ3n) is 5.32. The van der Waals surface area contributed by atoms with Crippen LogP contribution in [0.15, 0.2) is 18.2 Å². The Morgan fingerprint density at radius 1 is 1.03 bits per heavy atom. The SMILES string of the molecule is O=C1CCC(N2C(=O)c3ccc(OCC(=O)Oc4c(F)c(F)c(F)c(F)c4F)cc3C2O)C(=O)N1. The molecule has 3 amide bonds. The number of hydrogen-bond donors (Lipinski definition) is 2. The molecule has 4 rings (SSSR count). The predicted octanol–water partition coefficient (Wildman–Crippen LogP) is 1.62. The quantitative estimate of drug-likeness (QED) is 0.160. The van der Waals surface area contributed by atoms with Crippen LogP contribution in [-0.4, -0.2) is 46.3 Å². The lowest BCUT2D eigenvalue weighted by Gasteiger charge is -2.31. The Morgan fingerprint density at radius 2 is 1.66 bits per heavy atom. The molecule has 184 valence electrons. The molecule has 0 spiro atoms. The number of benzene rings is 2. The van der Waals surface area contributed by atoms with Crippen LogP contribution in [0.2, 0.25) is 0 Å². The summed E-state index contributed by atoms with van der Waals surface area (Å²) < 4.78 is 76.1. The molecule has 14 heteroatoms. The van der Waals surface area contributed by atoms with E-state index in [0.29, 0.717) is 0 Å². The number of nitrogens with zero attached hydrogens (tertiary/aromatic N) is 1. The Hall–Kier alpha value is -4.07. The van der Waals surface area contributed by atoms with Gasteiger partial charge in [-0.1, -0.05) is 0 Å². The van der Waals surface area contributed by atoms with E-state index in [9.17, 15) is 46.2 Å². The first-order valence-corrected chi connectivity index (χ1v) is 9.84. The lowest BCUT2D eigenvalue weighted by Crippen LogP contribution is -2.53. The Balaban J connectivity index is 1.46. The van der Waals surface area contributed by atoms with Gasteiger partial charge in [-0.3, -0.25) is 24.6 Å². The zero-order valence-electron chi connectivity index (χ0n) is 17.2. The lowest BCUT2D eigenvalue weighted by atomic mass is 10.0. The van der Waals surface area contributed by atoms with Crippen LogP contribution < -0.4 is 14.8 Å². The van der Waals surface area contributed by atoms with Crippen molar-refractivity contribution in [2.75, 3.05) is 6.61 Å². The molecule has 1 fully saturated rings. The number of rotatable bonds is 5. The first kappa shape index (κ1) is 24.1. The third kappa shape index (κ3) is 4.16. The van der Waals surface area contributed by atoms with Gasteiger partial charge in [0.15, 0.2) is 12.8 Å². The summed E-state index contributed by atoms with van der Waals surface area (Å²) in [6.07, 6.45) is -1.64. The highest BCUT2D eigenvalue weighted by Gasteiger charge is 2.44. The van der Waals surface area contributed by atoms with Gasteiger partial charge in [0.2, 0.25) is 46.6 Å². The van der Waals surface area contributed by atoms with E-state index < -0.39 is 77.4 Å². The van der Waals surface area contributed by atoms with Crippen molar-refractivity contribution in [3.63, 3.8) is 0 Å². The van der Waals surface area contributed by atoms with Gasteiger partial charge < -0.3 is 14.6 Å². The van der Waals surface area contributed by atoms with Gasteiger partial charge >= 0.3 is 5.97 Å². The lowest BCUT2D eigenvalue weighted by molar-refractivity contribution is -0.140. The van der Waals surface area contributed by atoms with Crippen molar-refractivity contribution in [3.8, 4) is 11.5 Å². The molecule has 0 aromatic heterocycles. The van der Waals surface area contributed by atoms with Gasteiger partial charge in [-0.25, -0.2) is 18.0 Å². The summed E-state index contributed by atoms with van der Waals surface area (Å²) in [6.45, 7) is -1.04. The molecule has 2 aromatic carbocycles. The number of aliphatic hydroxyl groups excluding tert-OH is 1. The van der Waals surface area contributed by atoms with Crippen LogP contribution >= 0.6 is 0 Å². The number of carbonyl (C=O) groups is 4. The maximum atomic E-state index is 13.6. The second kappa shape index (κ2) is 8.94. The van der Waals surface area contributed by atoms with Crippen LogP contribution in [0.5, 0.6) is 11.5 Å². The summed E-state index contributed by atoms with van der Waals surface area (Å²) in [5.41, 5.74) is 0.0175. The number of carbonyl (C=O) groups excluding carboxylic acids is 4. The molecule has 2 unspecified atom stereocenters. The van der Waals surface area contributed by atoms with E-state index in [-0.39, 0.29) is 29.7 Å². The fraction of sp³-hybridized carbons (Fsp3) is 0.238. The van der Waals surface area contributed by atoms with Crippen LogP contribution in [0, 0.1) is 29.1 Å². The Kier molecular flexibility index (Phi) is 6.15. The third-order valence-corrected chi connectivity index (χ3v) is 5.32. The number of nitrogens with one attached hydrogen (secondary N) is 1. The summed E-state index contributed by atoms with van der Waals surface area (Å²) in [7, 11) is 0. The summed E-state index contributed by atoms with van der Waals surface area (Å²) in [5.74, 6) is -17.1. The summed E-state index contributed by atoms with van der Waals surface area (Å²) in [6, 6.07) is 2.46. The summed E-state index contributed by atoms with van der Waals surface area (Å²) in [4.78, 5) is 48.9. The molecular formula is C21H13F5N2O7. The number of piperidine rings is 1. The van der Waals surface area contributed by atoms with Crippen molar-refractivity contribution in [1.82, 2.24) is 10.2 Å². The molecule has 2 N–H and O–H groups in total. The maximum Gasteiger partial charge on any atom is 0.349 e. The average molecular weight is 500 g/mol. The monoisotopic (exact) mass is 500 g/mol. The van der Waals surface area contributed by atoms with Crippen molar-refractivity contribution in [2.45, 2.75) is 25.1 Å². The van der Waals surface area contributed by atoms with Crippen LogP contribution in [0.4, 0.5) is 22.0 Å². The number of imide groups is 1. The molecule has 2 aromatic rings. The highest BCUT2D eigenvalue weighted by molar-refractivity contribution is 6.05. The van der Waals surface area contributed by atoms with Crippen molar-refractivity contribution in [2.24, 2.45) is 0 Å². The minimum Gasteiger partial charge on any atom is -0.482 e. The minimum absolute atomic E-state index is 0.00494. The van der Waals surface area contributed by atoms with Crippen molar-refractivity contribution in [1.29, 1.82) is 0 Å². The zero-order chi connectivity index (χ0) is 25.6. The Labute approximate surface area is 192 Å². The molecule has 9 nitrogen and oxygen atoms in total. The van der Waals surface area contributed by atoms with Gasteiger partial charge in [0.05, 0.1) is 0 Å². The zero-order valence-corrected chi connectivity index (χ0v) is 17.2. The van der Waals surface area contributed by atoms with Gasteiger partial charge in [0.25, 0.3) is 5.91 Å². The topological polar surface area (TPSA) is 122 Å². The first-order chi connectivity index (χ1) is 16.5. The van der Waals surface area contributed by atoms with E-state index in [4.69, 9.17) is 4.74 Å². The first-order valence-electron chi connectivity index (χ1n) is 9.84. The molecule has 2 atom stereocenters. The fourth-order valence-corrected chi connectivity index (χ4v) is 3.66. The molecule has 35 heavy (non-hydrogen) atoms. The number of ether oxygens (including phenoxy) is 2. The van der Waals surface area contributed by atoms with E-state index in [0.717, 1.165) is 11.0 Å². The maximum absolute atomic E-state index is 13.6. The number of fused-ring (bicyclic) bond motifs is 1. The molecular weight excluding hydrogens is 487 g/mol. The Bertz CT molecular complexity index is 1260. The number of halogens is 5. The molecule has 2 heterocycles. The van der Waals surface area contributed by atoms with E-state index in [1.165, 1.54) is 12.1 Å². The molecule has 2 aliphatic rings. The van der Waals surface area contributed by atoms with Gasteiger partial charge in [-0.15, -0.1) is 0 Å². The molecule has 0 bridgehead atoms. The molecule has 2 aliphatic heterocycles. The van der Waals surface area contributed by atoms with E-state index >= 15 is 0 Å². The highest BCUT2D eigenvalue weighted by atomic mass is 19.2. The Morgan fingerprint density at radius 3 is 2.29 bits per heavy atom. The minimum atomic E-state index is -2.42. The number of hydrogen-bond acceptors (Lipinski definition) is 7. The smallest absolute Gasteiger partial charge is 0.349 e. The second-order valence-electron chi connectivity index (χ2n) is 7.46. The summed E-state index contributed by atoms with van der Waals surface area (Å²) >= 11 is 0. The predicted molar refractivity (Wildman–Crippen MR) is 101 cm³/mol. The number of esters is 1. The molecule has 1 saturated heterocycles. The molecule has 0 aliphatic carbocycles. The largest absolute Gasteiger partial charge is 0.482 e. The summed E-state index contributed by atoms with van der Waals surface area (Å²) in [5, 5.41) is 12.7. The van der Waals surface area contributed by atoms with Gasteiger partial charge in [-0.2, -0.15) is 8.78 Å². The van der Waals surface area contributed by atoms with Crippen molar-refractivity contribution >= 4 is 23.7 Å². The number of amides is 3. The van der Waals surface area contributed by atoms with Crippen LogP contribution in [0.1, 0.15) is 35.0 Å². The average Bonchev–Trinajstić information content (AvgIpc) is 3.07. The van der Waals surface area contributed by atoms with Crippen molar-refractivity contribution < 1.29 is 55.7 Å².